The molecule has 2 aromatic rings. The molecule has 6 nitrogen and oxygen atoms in total. The third-order valence-corrected chi connectivity index (χ3v) is 3.01. The third kappa shape index (κ3) is 3.85. The van der Waals surface area contributed by atoms with Crippen molar-refractivity contribution in [1.29, 1.82) is 0 Å². The molecule has 0 aliphatic heterocycles. The summed E-state index contributed by atoms with van der Waals surface area (Å²) in [6, 6.07) is 6.47. The molecule has 0 saturated carbocycles. The minimum absolute atomic E-state index is 0.0505. The van der Waals surface area contributed by atoms with E-state index in [1.165, 1.54) is 12.5 Å². The molecule has 0 aliphatic rings. The number of carbonyl (C=O) groups is 2. The normalized spacial score (nSPS) is 10.1. The number of carboxylic acids is 1. The third-order valence-electron chi connectivity index (χ3n) is 2.08. The van der Waals surface area contributed by atoms with Crippen LogP contribution in [-0.4, -0.2) is 27.7 Å². The van der Waals surface area contributed by atoms with Crippen LogP contribution in [0.2, 0.25) is 0 Å². The Bertz CT molecular complexity index is 566. The van der Waals surface area contributed by atoms with Crippen LogP contribution in [0.15, 0.2) is 46.2 Å². The number of nitrogens with one attached hydrogen (secondary N) is 1. The fraction of sp³-hybridized carbons (Fsp3) is 0.0833. The van der Waals surface area contributed by atoms with Crippen molar-refractivity contribution in [2.75, 3.05) is 11.1 Å². The maximum Gasteiger partial charge on any atom is 0.313 e. The standard InChI is InChI=1S/C12H10N2O4S/c15-11(16)7-19-10-4-3-8(6-13-10)14-12(17)9-2-1-5-18-9/h1-6H,7H2,(H,14,17)(H,15,16). The smallest absolute Gasteiger partial charge is 0.313 e. The zero-order valence-corrected chi connectivity index (χ0v) is 10.5. The summed E-state index contributed by atoms with van der Waals surface area (Å²) in [6.07, 6.45) is 2.88. The Morgan fingerprint density at radius 2 is 2.21 bits per heavy atom. The molecule has 0 unspecified atom stereocenters. The molecule has 7 heteroatoms. The maximum absolute atomic E-state index is 11.7. The number of amides is 1. The van der Waals surface area contributed by atoms with E-state index in [-0.39, 0.29) is 17.4 Å². The molecule has 0 spiro atoms. The van der Waals surface area contributed by atoms with Crippen LogP contribution in [0.25, 0.3) is 0 Å². The van der Waals surface area contributed by atoms with Crippen molar-refractivity contribution in [3.8, 4) is 0 Å². The summed E-state index contributed by atoms with van der Waals surface area (Å²) in [6.45, 7) is 0. The summed E-state index contributed by atoms with van der Waals surface area (Å²) in [5.74, 6) is -1.10. The number of hydrogen-bond donors (Lipinski definition) is 2. The Hall–Kier alpha value is -2.28. The van der Waals surface area contributed by atoms with Gasteiger partial charge in [-0.2, -0.15) is 0 Å². The van der Waals surface area contributed by atoms with Crippen LogP contribution in [0.3, 0.4) is 0 Å². The predicted octanol–water partition coefficient (Wildman–Crippen LogP) is 2.10. The highest BCUT2D eigenvalue weighted by Gasteiger charge is 2.09. The van der Waals surface area contributed by atoms with E-state index in [0.717, 1.165) is 11.8 Å². The van der Waals surface area contributed by atoms with Gasteiger partial charge in [0.05, 0.1) is 28.9 Å². The van der Waals surface area contributed by atoms with Crippen molar-refractivity contribution < 1.29 is 19.1 Å². The number of aromatic nitrogens is 1. The second-order valence-electron chi connectivity index (χ2n) is 3.50. The first-order valence-electron chi connectivity index (χ1n) is 5.30. The summed E-state index contributed by atoms with van der Waals surface area (Å²) < 4.78 is 4.95. The second kappa shape index (κ2) is 6.05. The fourth-order valence-electron chi connectivity index (χ4n) is 1.28. The van der Waals surface area contributed by atoms with E-state index >= 15 is 0 Å². The molecule has 19 heavy (non-hydrogen) atoms. The zero-order chi connectivity index (χ0) is 13.7. The van der Waals surface area contributed by atoms with Gasteiger partial charge in [0, 0.05) is 0 Å². The van der Waals surface area contributed by atoms with E-state index in [1.807, 2.05) is 0 Å². The van der Waals surface area contributed by atoms with Crippen molar-refractivity contribution >= 4 is 29.3 Å². The molecule has 0 saturated heterocycles. The minimum Gasteiger partial charge on any atom is -0.481 e. The summed E-state index contributed by atoms with van der Waals surface area (Å²) in [5.41, 5.74) is 0.515. The molecule has 1 amide bonds. The largest absolute Gasteiger partial charge is 0.481 e. The van der Waals surface area contributed by atoms with Gasteiger partial charge in [-0.1, -0.05) is 11.8 Å². The number of carbonyl (C=O) groups excluding carboxylic acids is 1. The van der Waals surface area contributed by atoms with E-state index in [0.29, 0.717) is 10.7 Å². The van der Waals surface area contributed by atoms with Gasteiger partial charge in [-0.05, 0) is 24.3 Å². The summed E-state index contributed by atoms with van der Waals surface area (Å²) in [7, 11) is 0. The van der Waals surface area contributed by atoms with Crippen LogP contribution < -0.4 is 5.32 Å². The first-order valence-corrected chi connectivity index (χ1v) is 6.29. The van der Waals surface area contributed by atoms with Crippen molar-refractivity contribution in [2.45, 2.75) is 5.03 Å². The average molecular weight is 278 g/mol. The van der Waals surface area contributed by atoms with Gasteiger partial charge in [0.2, 0.25) is 0 Å². The van der Waals surface area contributed by atoms with Crippen LogP contribution in [0.5, 0.6) is 0 Å². The topological polar surface area (TPSA) is 92.4 Å². The first-order chi connectivity index (χ1) is 9.15. The molecular weight excluding hydrogens is 268 g/mol. The highest BCUT2D eigenvalue weighted by Crippen LogP contribution is 2.17. The monoisotopic (exact) mass is 278 g/mol. The molecule has 2 rings (SSSR count). The Labute approximate surface area is 112 Å². The Morgan fingerprint density at radius 1 is 1.37 bits per heavy atom. The van der Waals surface area contributed by atoms with E-state index in [4.69, 9.17) is 9.52 Å². The highest BCUT2D eigenvalue weighted by atomic mass is 32.2. The van der Waals surface area contributed by atoms with E-state index in [9.17, 15) is 9.59 Å². The Kier molecular flexibility index (Phi) is 4.19. The van der Waals surface area contributed by atoms with E-state index in [2.05, 4.69) is 10.3 Å². The summed E-state index contributed by atoms with van der Waals surface area (Å²) in [5, 5.41) is 11.7. The molecule has 0 aromatic carbocycles. The second-order valence-corrected chi connectivity index (χ2v) is 4.49. The number of anilines is 1. The number of thioether (sulfide) groups is 1. The lowest BCUT2D eigenvalue weighted by Gasteiger charge is -2.03. The Balaban J connectivity index is 1.95. The molecule has 2 N–H and O–H groups in total. The molecular formula is C12H10N2O4S. The van der Waals surface area contributed by atoms with Gasteiger partial charge in [-0.3, -0.25) is 9.59 Å². The van der Waals surface area contributed by atoms with Crippen molar-refractivity contribution in [2.24, 2.45) is 0 Å². The molecule has 0 atom stereocenters. The van der Waals surface area contributed by atoms with Gasteiger partial charge in [0.25, 0.3) is 5.91 Å². The van der Waals surface area contributed by atoms with Crippen LogP contribution in [-0.2, 0) is 4.79 Å². The first kappa shape index (κ1) is 13.2. The van der Waals surface area contributed by atoms with Crippen molar-refractivity contribution in [3.05, 3.63) is 42.5 Å². The van der Waals surface area contributed by atoms with Gasteiger partial charge in [-0.15, -0.1) is 0 Å². The fourth-order valence-corrected chi connectivity index (χ4v) is 1.84. The zero-order valence-electron chi connectivity index (χ0n) is 9.70. The lowest BCUT2D eigenvalue weighted by atomic mass is 10.4. The number of hydrogen-bond acceptors (Lipinski definition) is 5. The molecule has 2 aromatic heterocycles. The number of rotatable bonds is 5. The number of carboxylic acid groups (broad SMARTS) is 1. The molecule has 0 radical (unpaired) electrons. The Morgan fingerprint density at radius 3 is 2.79 bits per heavy atom. The van der Waals surface area contributed by atoms with Crippen LogP contribution in [0, 0.1) is 0 Å². The summed E-state index contributed by atoms with van der Waals surface area (Å²) in [4.78, 5) is 26.1. The van der Waals surface area contributed by atoms with Gasteiger partial charge >= 0.3 is 5.97 Å². The molecule has 2 heterocycles. The minimum atomic E-state index is -0.901. The van der Waals surface area contributed by atoms with Gasteiger partial charge < -0.3 is 14.8 Å². The number of furan rings is 1. The maximum atomic E-state index is 11.7. The number of pyridine rings is 1. The number of nitrogens with zero attached hydrogens (tertiary/aromatic N) is 1. The lowest BCUT2D eigenvalue weighted by Crippen LogP contribution is -2.10. The highest BCUT2D eigenvalue weighted by molar-refractivity contribution is 7.99. The van der Waals surface area contributed by atoms with Crippen LogP contribution >= 0.6 is 11.8 Å². The van der Waals surface area contributed by atoms with Gasteiger partial charge in [0.1, 0.15) is 0 Å². The van der Waals surface area contributed by atoms with Gasteiger partial charge in [0.15, 0.2) is 5.76 Å². The van der Waals surface area contributed by atoms with E-state index in [1.54, 1.807) is 24.3 Å². The average Bonchev–Trinajstić information content (AvgIpc) is 2.92. The van der Waals surface area contributed by atoms with Gasteiger partial charge in [-0.25, -0.2) is 4.98 Å². The van der Waals surface area contributed by atoms with Crippen LogP contribution in [0.4, 0.5) is 5.69 Å². The number of aliphatic carboxylic acids is 1. The predicted molar refractivity (Wildman–Crippen MR) is 69.3 cm³/mol. The molecule has 0 bridgehead atoms. The molecule has 0 fully saturated rings. The SMILES string of the molecule is O=C(O)CSc1ccc(NC(=O)c2ccco2)cn1. The summed E-state index contributed by atoms with van der Waals surface area (Å²) >= 11 is 1.11. The quantitative estimate of drug-likeness (QED) is 0.814. The van der Waals surface area contributed by atoms with E-state index < -0.39 is 5.97 Å². The van der Waals surface area contributed by atoms with Crippen molar-refractivity contribution in [3.63, 3.8) is 0 Å². The molecule has 0 aliphatic carbocycles. The van der Waals surface area contributed by atoms with Crippen molar-refractivity contribution in [1.82, 2.24) is 4.98 Å². The molecule has 98 valence electrons. The van der Waals surface area contributed by atoms with Crippen LogP contribution in [0.1, 0.15) is 10.6 Å². The lowest BCUT2D eigenvalue weighted by molar-refractivity contribution is -0.133.